The highest BCUT2D eigenvalue weighted by molar-refractivity contribution is 14.1. The Kier molecular flexibility index (Phi) is 3.52. The maximum absolute atomic E-state index is 5.42. The Morgan fingerprint density at radius 3 is 2.37 bits per heavy atom. The van der Waals surface area contributed by atoms with E-state index >= 15 is 0 Å². The average molecular weight is 378 g/mol. The Hall–Kier alpha value is -1.40. The SMILES string of the molecule is S=c1[nH]cc(-c2ccccc2)n1-c1ccccc1I. The van der Waals surface area contributed by atoms with Gasteiger partial charge in [0.15, 0.2) is 4.77 Å². The van der Waals surface area contributed by atoms with E-state index in [-0.39, 0.29) is 0 Å². The Labute approximate surface area is 130 Å². The fourth-order valence-electron chi connectivity index (χ4n) is 2.06. The minimum atomic E-state index is 0.711. The number of hydrogen-bond acceptors (Lipinski definition) is 1. The number of H-pyrrole nitrogens is 1. The van der Waals surface area contributed by atoms with Gasteiger partial charge in [-0.3, -0.25) is 4.57 Å². The fraction of sp³-hybridized carbons (Fsp3) is 0. The van der Waals surface area contributed by atoms with Crippen molar-refractivity contribution in [2.75, 3.05) is 0 Å². The third kappa shape index (κ3) is 2.37. The normalized spacial score (nSPS) is 10.6. The third-order valence-corrected chi connectivity index (χ3v) is 4.15. The first kappa shape index (κ1) is 12.6. The molecule has 1 aromatic heterocycles. The van der Waals surface area contributed by atoms with Crippen LogP contribution in [0.25, 0.3) is 16.9 Å². The summed E-state index contributed by atoms with van der Waals surface area (Å²) in [4.78, 5) is 3.14. The van der Waals surface area contributed by atoms with Gasteiger partial charge in [0.2, 0.25) is 0 Å². The van der Waals surface area contributed by atoms with Gasteiger partial charge in [-0.1, -0.05) is 42.5 Å². The van der Waals surface area contributed by atoms with Crippen molar-refractivity contribution in [3.05, 3.63) is 69.1 Å². The summed E-state index contributed by atoms with van der Waals surface area (Å²) in [7, 11) is 0. The predicted molar refractivity (Wildman–Crippen MR) is 89.1 cm³/mol. The molecule has 0 bridgehead atoms. The van der Waals surface area contributed by atoms with Crippen LogP contribution in [0, 0.1) is 8.34 Å². The lowest BCUT2D eigenvalue weighted by molar-refractivity contribution is 1.03. The zero-order valence-electron chi connectivity index (χ0n) is 10.0. The number of aromatic nitrogens is 2. The van der Waals surface area contributed by atoms with E-state index in [0.29, 0.717) is 4.77 Å². The molecule has 1 heterocycles. The summed E-state index contributed by atoms with van der Waals surface area (Å²) < 4.78 is 3.96. The Bertz CT molecular complexity index is 759. The average Bonchev–Trinajstić information content (AvgIpc) is 2.82. The second kappa shape index (κ2) is 5.30. The lowest BCUT2D eigenvalue weighted by Gasteiger charge is -2.10. The van der Waals surface area contributed by atoms with Gasteiger partial charge in [-0.2, -0.15) is 0 Å². The molecule has 0 atom stereocenters. The molecule has 0 fully saturated rings. The number of nitrogens with zero attached hydrogens (tertiary/aromatic N) is 1. The van der Waals surface area contributed by atoms with Crippen molar-refractivity contribution in [1.82, 2.24) is 9.55 Å². The van der Waals surface area contributed by atoms with Crippen LogP contribution in [0.1, 0.15) is 0 Å². The number of nitrogens with one attached hydrogen (secondary N) is 1. The number of rotatable bonds is 2. The van der Waals surface area contributed by atoms with Crippen LogP contribution in [-0.2, 0) is 0 Å². The van der Waals surface area contributed by atoms with E-state index in [4.69, 9.17) is 12.2 Å². The molecule has 2 aromatic carbocycles. The number of imidazole rings is 1. The van der Waals surface area contributed by atoms with Gasteiger partial charge in [-0.15, -0.1) is 0 Å². The molecule has 3 rings (SSSR count). The number of aromatic amines is 1. The van der Waals surface area contributed by atoms with Gasteiger partial charge in [0.25, 0.3) is 0 Å². The first-order valence-corrected chi connectivity index (χ1v) is 7.37. The summed E-state index contributed by atoms with van der Waals surface area (Å²) in [6.45, 7) is 0. The monoisotopic (exact) mass is 378 g/mol. The van der Waals surface area contributed by atoms with Crippen LogP contribution in [0.4, 0.5) is 0 Å². The van der Waals surface area contributed by atoms with Gasteiger partial charge in [0.05, 0.1) is 11.4 Å². The largest absolute Gasteiger partial charge is 0.336 e. The smallest absolute Gasteiger partial charge is 0.182 e. The quantitative estimate of drug-likeness (QED) is 0.502. The summed E-state index contributed by atoms with van der Waals surface area (Å²) in [6.07, 6.45) is 1.96. The van der Waals surface area contributed by atoms with Crippen LogP contribution >= 0.6 is 34.8 Å². The molecule has 19 heavy (non-hydrogen) atoms. The summed E-state index contributed by atoms with van der Waals surface area (Å²) in [6, 6.07) is 18.5. The maximum Gasteiger partial charge on any atom is 0.182 e. The lowest BCUT2D eigenvalue weighted by atomic mass is 10.1. The van der Waals surface area contributed by atoms with Crippen molar-refractivity contribution in [2.24, 2.45) is 0 Å². The maximum atomic E-state index is 5.42. The molecule has 0 unspecified atom stereocenters. The van der Waals surface area contributed by atoms with E-state index < -0.39 is 0 Å². The van der Waals surface area contributed by atoms with Crippen molar-refractivity contribution in [2.45, 2.75) is 0 Å². The number of para-hydroxylation sites is 1. The fourth-order valence-corrected chi connectivity index (χ4v) is 2.95. The van der Waals surface area contributed by atoms with Crippen molar-refractivity contribution in [1.29, 1.82) is 0 Å². The van der Waals surface area contributed by atoms with E-state index in [0.717, 1.165) is 16.9 Å². The van der Waals surface area contributed by atoms with Crippen LogP contribution in [0.5, 0.6) is 0 Å². The molecule has 0 radical (unpaired) electrons. The Morgan fingerprint density at radius 1 is 0.947 bits per heavy atom. The van der Waals surface area contributed by atoms with E-state index in [1.165, 1.54) is 3.57 Å². The molecule has 0 aliphatic heterocycles. The molecule has 0 saturated heterocycles. The Morgan fingerprint density at radius 2 is 1.63 bits per heavy atom. The summed E-state index contributed by atoms with van der Waals surface area (Å²) in [5, 5.41) is 0. The highest BCUT2D eigenvalue weighted by atomic mass is 127. The van der Waals surface area contributed by atoms with Crippen LogP contribution in [0.3, 0.4) is 0 Å². The molecule has 94 valence electrons. The molecular weight excluding hydrogens is 367 g/mol. The Balaban J connectivity index is 2.26. The lowest BCUT2D eigenvalue weighted by Crippen LogP contribution is -1.99. The summed E-state index contributed by atoms with van der Waals surface area (Å²) >= 11 is 7.75. The van der Waals surface area contributed by atoms with Gasteiger partial charge >= 0.3 is 0 Å². The molecule has 4 heteroatoms. The van der Waals surface area contributed by atoms with Gasteiger partial charge in [-0.05, 0) is 46.9 Å². The standard InChI is InChI=1S/C15H11IN2S/c16-12-8-4-5-9-13(12)18-14(10-17-15(18)19)11-6-2-1-3-7-11/h1-10H,(H,17,19). The third-order valence-electron chi connectivity index (χ3n) is 2.94. The topological polar surface area (TPSA) is 20.7 Å². The summed E-state index contributed by atoms with van der Waals surface area (Å²) in [5.41, 5.74) is 3.33. The molecule has 0 saturated carbocycles. The zero-order valence-corrected chi connectivity index (χ0v) is 13.0. The van der Waals surface area contributed by atoms with Crippen molar-refractivity contribution >= 4 is 34.8 Å². The van der Waals surface area contributed by atoms with Crippen LogP contribution in [0.15, 0.2) is 60.8 Å². The van der Waals surface area contributed by atoms with Gasteiger partial charge in [0, 0.05) is 15.3 Å². The van der Waals surface area contributed by atoms with Crippen molar-refractivity contribution in [3.8, 4) is 16.9 Å². The molecule has 0 aliphatic carbocycles. The number of benzene rings is 2. The van der Waals surface area contributed by atoms with Gasteiger partial charge < -0.3 is 4.98 Å². The second-order valence-corrected chi connectivity index (χ2v) is 5.68. The molecular formula is C15H11IN2S. The summed E-state index contributed by atoms with van der Waals surface area (Å²) in [5.74, 6) is 0. The first-order valence-electron chi connectivity index (χ1n) is 5.88. The van der Waals surface area contributed by atoms with Crippen LogP contribution in [0.2, 0.25) is 0 Å². The second-order valence-electron chi connectivity index (χ2n) is 4.13. The van der Waals surface area contributed by atoms with E-state index in [1.54, 1.807) is 0 Å². The van der Waals surface area contributed by atoms with Gasteiger partial charge in [0.1, 0.15) is 0 Å². The minimum absolute atomic E-state index is 0.711. The zero-order chi connectivity index (χ0) is 13.2. The van der Waals surface area contributed by atoms with E-state index in [2.05, 4.69) is 56.4 Å². The van der Waals surface area contributed by atoms with Gasteiger partial charge in [-0.25, -0.2) is 0 Å². The predicted octanol–water partition coefficient (Wildman–Crippen LogP) is 4.81. The van der Waals surface area contributed by atoms with E-state index in [1.807, 2.05) is 36.5 Å². The van der Waals surface area contributed by atoms with Crippen LogP contribution < -0.4 is 0 Å². The molecule has 0 aliphatic rings. The van der Waals surface area contributed by atoms with Crippen molar-refractivity contribution in [3.63, 3.8) is 0 Å². The molecule has 0 spiro atoms. The number of halogens is 1. The van der Waals surface area contributed by atoms with Crippen LogP contribution in [-0.4, -0.2) is 9.55 Å². The minimum Gasteiger partial charge on any atom is -0.336 e. The first-order chi connectivity index (χ1) is 9.27. The highest BCUT2D eigenvalue weighted by Crippen LogP contribution is 2.25. The molecule has 1 N–H and O–H groups in total. The number of hydrogen-bond donors (Lipinski definition) is 1. The molecule has 3 aromatic rings. The highest BCUT2D eigenvalue weighted by Gasteiger charge is 2.10. The van der Waals surface area contributed by atoms with E-state index in [9.17, 15) is 0 Å². The molecule has 2 nitrogen and oxygen atoms in total. The molecule has 0 amide bonds. The van der Waals surface area contributed by atoms with Crippen molar-refractivity contribution < 1.29 is 0 Å².